The van der Waals surface area contributed by atoms with Crippen LogP contribution in [0.25, 0.3) is 5.65 Å². The highest BCUT2D eigenvalue weighted by Crippen LogP contribution is 2.24. The van der Waals surface area contributed by atoms with Crippen molar-refractivity contribution in [2.75, 3.05) is 5.32 Å². The van der Waals surface area contributed by atoms with Crippen molar-refractivity contribution >= 4 is 17.4 Å². The molecule has 5 nitrogen and oxygen atoms in total. The minimum absolute atomic E-state index is 0.227. The highest BCUT2D eigenvalue weighted by molar-refractivity contribution is 5.93. The fourth-order valence-electron chi connectivity index (χ4n) is 2.92. The number of nitrogens with zero attached hydrogens (tertiary/aromatic N) is 2. The fraction of sp³-hybridized carbons (Fsp3) is 0.467. The number of carboxylic acid groups (broad SMARTS) is 1. The zero-order chi connectivity index (χ0) is 13.9. The smallest absolute Gasteiger partial charge is 0.356 e. The molecule has 1 fully saturated rings. The molecule has 0 unspecified atom stereocenters. The van der Waals surface area contributed by atoms with E-state index in [4.69, 9.17) is 0 Å². The largest absolute Gasteiger partial charge is 0.476 e. The van der Waals surface area contributed by atoms with Crippen molar-refractivity contribution < 1.29 is 9.90 Å². The van der Waals surface area contributed by atoms with Crippen molar-refractivity contribution in [3.8, 4) is 0 Å². The molecule has 2 N–H and O–H groups in total. The SMILES string of the molecule is O=C(O)c1c(NC2CCCCCC2)nc2ccccn12. The van der Waals surface area contributed by atoms with Crippen LogP contribution in [0.2, 0.25) is 0 Å². The number of carbonyl (C=O) groups is 1. The van der Waals surface area contributed by atoms with Crippen molar-refractivity contribution in [1.82, 2.24) is 9.38 Å². The summed E-state index contributed by atoms with van der Waals surface area (Å²) in [5, 5.41) is 12.8. The van der Waals surface area contributed by atoms with Crippen molar-refractivity contribution in [3.05, 3.63) is 30.1 Å². The monoisotopic (exact) mass is 273 g/mol. The zero-order valence-corrected chi connectivity index (χ0v) is 11.4. The molecule has 0 amide bonds. The van der Waals surface area contributed by atoms with Crippen LogP contribution in [-0.4, -0.2) is 26.5 Å². The Hall–Kier alpha value is -2.04. The van der Waals surface area contributed by atoms with Gasteiger partial charge in [-0.1, -0.05) is 31.7 Å². The molecule has 20 heavy (non-hydrogen) atoms. The topological polar surface area (TPSA) is 66.6 Å². The number of rotatable bonds is 3. The summed E-state index contributed by atoms with van der Waals surface area (Å²) in [6.07, 6.45) is 8.87. The van der Waals surface area contributed by atoms with E-state index in [-0.39, 0.29) is 5.69 Å². The van der Waals surface area contributed by atoms with E-state index >= 15 is 0 Å². The maximum absolute atomic E-state index is 11.5. The van der Waals surface area contributed by atoms with Crippen molar-refractivity contribution in [3.63, 3.8) is 0 Å². The number of pyridine rings is 1. The molecular formula is C15H19N3O2. The lowest BCUT2D eigenvalue weighted by Crippen LogP contribution is -2.20. The van der Waals surface area contributed by atoms with Gasteiger partial charge in [-0.3, -0.25) is 4.40 Å². The minimum atomic E-state index is -0.945. The van der Waals surface area contributed by atoms with Gasteiger partial charge in [0.15, 0.2) is 11.5 Å². The first-order chi connectivity index (χ1) is 9.75. The van der Waals surface area contributed by atoms with Gasteiger partial charge in [0.25, 0.3) is 0 Å². The van der Waals surface area contributed by atoms with Crippen LogP contribution in [-0.2, 0) is 0 Å². The van der Waals surface area contributed by atoms with E-state index in [9.17, 15) is 9.90 Å². The van der Waals surface area contributed by atoms with Crippen LogP contribution in [0.15, 0.2) is 24.4 Å². The molecule has 0 radical (unpaired) electrons. The third-order valence-corrected chi connectivity index (χ3v) is 3.93. The molecule has 0 aliphatic heterocycles. The molecule has 3 rings (SSSR count). The quantitative estimate of drug-likeness (QED) is 0.843. The van der Waals surface area contributed by atoms with Crippen molar-refractivity contribution in [2.45, 2.75) is 44.6 Å². The molecule has 0 aromatic carbocycles. The Labute approximate surface area is 117 Å². The molecule has 1 saturated carbocycles. The molecule has 1 aliphatic rings. The van der Waals surface area contributed by atoms with E-state index in [1.807, 2.05) is 18.2 Å². The normalized spacial score (nSPS) is 17.0. The van der Waals surface area contributed by atoms with Gasteiger partial charge >= 0.3 is 5.97 Å². The molecule has 2 aromatic rings. The number of aromatic carboxylic acids is 1. The second-order valence-electron chi connectivity index (χ2n) is 5.38. The summed E-state index contributed by atoms with van der Waals surface area (Å²) in [5.41, 5.74) is 0.894. The van der Waals surface area contributed by atoms with Gasteiger partial charge in [0.2, 0.25) is 0 Å². The van der Waals surface area contributed by atoms with Gasteiger partial charge < -0.3 is 10.4 Å². The first-order valence-electron chi connectivity index (χ1n) is 7.22. The summed E-state index contributed by atoms with van der Waals surface area (Å²) in [6, 6.07) is 5.84. The maximum atomic E-state index is 11.5. The molecule has 2 heterocycles. The highest BCUT2D eigenvalue weighted by atomic mass is 16.4. The van der Waals surface area contributed by atoms with Gasteiger partial charge in [0.05, 0.1) is 0 Å². The second-order valence-corrected chi connectivity index (χ2v) is 5.38. The Bertz CT molecular complexity index is 613. The third-order valence-electron chi connectivity index (χ3n) is 3.93. The lowest BCUT2D eigenvalue weighted by Gasteiger charge is -2.16. The van der Waals surface area contributed by atoms with E-state index in [0.29, 0.717) is 17.5 Å². The Morgan fingerprint density at radius 2 is 2.00 bits per heavy atom. The summed E-state index contributed by atoms with van der Waals surface area (Å²) in [7, 11) is 0. The molecule has 106 valence electrons. The molecule has 5 heteroatoms. The highest BCUT2D eigenvalue weighted by Gasteiger charge is 2.21. The summed E-state index contributed by atoms with van der Waals surface area (Å²) in [4.78, 5) is 15.9. The molecule has 0 spiro atoms. The van der Waals surface area contributed by atoms with E-state index in [2.05, 4.69) is 10.3 Å². The number of nitrogens with one attached hydrogen (secondary N) is 1. The predicted octanol–water partition coefficient (Wildman–Crippen LogP) is 3.17. The maximum Gasteiger partial charge on any atom is 0.356 e. The standard InChI is InChI=1S/C15H19N3O2/c19-15(20)13-14(16-11-7-3-1-2-4-8-11)17-12-9-5-6-10-18(12)13/h5-6,9-11,16H,1-4,7-8H2,(H,19,20). The molecule has 2 aromatic heterocycles. The average Bonchev–Trinajstić information content (AvgIpc) is 2.60. The Balaban J connectivity index is 1.93. The number of hydrogen-bond acceptors (Lipinski definition) is 3. The molecule has 1 aliphatic carbocycles. The summed E-state index contributed by atoms with van der Waals surface area (Å²) in [5.74, 6) is -0.449. The van der Waals surface area contributed by atoms with Crippen LogP contribution < -0.4 is 5.32 Å². The Kier molecular flexibility index (Phi) is 3.58. The zero-order valence-electron chi connectivity index (χ0n) is 11.4. The van der Waals surface area contributed by atoms with Crippen LogP contribution in [0.5, 0.6) is 0 Å². The van der Waals surface area contributed by atoms with Gasteiger partial charge in [0.1, 0.15) is 5.65 Å². The van der Waals surface area contributed by atoms with Gasteiger partial charge in [-0.25, -0.2) is 9.78 Å². The Morgan fingerprint density at radius 3 is 2.70 bits per heavy atom. The Morgan fingerprint density at radius 1 is 1.25 bits per heavy atom. The van der Waals surface area contributed by atoms with Crippen molar-refractivity contribution in [2.24, 2.45) is 0 Å². The summed E-state index contributed by atoms with van der Waals surface area (Å²) < 4.78 is 1.63. The van der Waals surface area contributed by atoms with Crippen molar-refractivity contribution in [1.29, 1.82) is 0 Å². The van der Waals surface area contributed by atoms with Crippen LogP contribution in [0, 0.1) is 0 Å². The van der Waals surface area contributed by atoms with E-state index in [1.54, 1.807) is 10.6 Å². The van der Waals surface area contributed by atoms with Crippen LogP contribution >= 0.6 is 0 Å². The lowest BCUT2D eigenvalue weighted by molar-refractivity contribution is 0.0690. The predicted molar refractivity (Wildman–Crippen MR) is 77.3 cm³/mol. The van der Waals surface area contributed by atoms with Gasteiger partial charge in [-0.05, 0) is 25.0 Å². The van der Waals surface area contributed by atoms with Gasteiger partial charge in [0, 0.05) is 12.2 Å². The number of fused-ring (bicyclic) bond motifs is 1. The summed E-state index contributed by atoms with van der Waals surface area (Å²) >= 11 is 0. The van der Waals surface area contributed by atoms with Crippen LogP contribution in [0.1, 0.15) is 49.0 Å². The number of aromatic nitrogens is 2. The second kappa shape index (κ2) is 5.53. The average molecular weight is 273 g/mol. The van der Waals surface area contributed by atoms with E-state index < -0.39 is 5.97 Å². The minimum Gasteiger partial charge on any atom is -0.476 e. The molecule has 0 saturated heterocycles. The van der Waals surface area contributed by atoms with E-state index in [1.165, 1.54) is 25.7 Å². The molecular weight excluding hydrogens is 254 g/mol. The lowest BCUT2D eigenvalue weighted by atomic mass is 10.1. The number of imidazole rings is 1. The number of carboxylic acids is 1. The fourth-order valence-corrected chi connectivity index (χ4v) is 2.92. The molecule has 0 atom stereocenters. The third kappa shape index (κ3) is 2.48. The number of anilines is 1. The first-order valence-corrected chi connectivity index (χ1v) is 7.22. The summed E-state index contributed by atoms with van der Waals surface area (Å²) in [6.45, 7) is 0. The number of hydrogen-bond donors (Lipinski definition) is 2. The van der Waals surface area contributed by atoms with Crippen LogP contribution in [0.3, 0.4) is 0 Å². The van der Waals surface area contributed by atoms with Gasteiger partial charge in [-0.2, -0.15) is 0 Å². The molecule has 0 bridgehead atoms. The van der Waals surface area contributed by atoms with E-state index in [0.717, 1.165) is 12.8 Å². The van der Waals surface area contributed by atoms with Crippen LogP contribution in [0.4, 0.5) is 5.82 Å². The first kappa shape index (κ1) is 13.0. The van der Waals surface area contributed by atoms with Gasteiger partial charge in [-0.15, -0.1) is 0 Å².